The predicted molar refractivity (Wildman–Crippen MR) is 96.1 cm³/mol. The topological polar surface area (TPSA) is 65.8 Å². The summed E-state index contributed by atoms with van der Waals surface area (Å²) in [6.45, 7) is 1.96. The molecule has 0 atom stereocenters. The number of hydrogen-bond donors (Lipinski definition) is 1. The molecule has 0 saturated heterocycles. The van der Waals surface area contributed by atoms with Crippen molar-refractivity contribution in [3.05, 3.63) is 52.5 Å². The Balaban J connectivity index is 1.74. The zero-order valence-electron chi connectivity index (χ0n) is 13.9. The first kappa shape index (κ1) is 17.4. The Bertz CT molecular complexity index is 860. The van der Waals surface area contributed by atoms with Crippen LogP contribution < -0.4 is 5.32 Å². The number of pyridine rings is 1. The molecule has 25 heavy (non-hydrogen) atoms. The van der Waals surface area contributed by atoms with Gasteiger partial charge in [-0.2, -0.15) is 5.26 Å². The molecule has 0 aliphatic heterocycles. The number of benzene rings is 1. The van der Waals surface area contributed by atoms with Crippen LogP contribution in [0.3, 0.4) is 0 Å². The third-order valence-electron chi connectivity index (χ3n) is 4.25. The normalized spacial score (nSPS) is 13.0. The molecule has 6 heteroatoms. The number of aryl methyl sites for hydroxylation is 1. The molecule has 0 fully saturated rings. The van der Waals surface area contributed by atoms with E-state index >= 15 is 0 Å². The van der Waals surface area contributed by atoms with Gasteiger partial charge in [0, 0.05) is 11.4 Å². The molecule has 1 heterocycles. The molecule has 0 radical (unpaired) electrons. The summed E-state index contributed by atoms with van der Waals surface area (Å²) in [4.78, 5) is 16.7. The van der Waals surface area contributed by atoms with Crippen molar-refractivity contribution in [2.24, 2.45) is 0 Å². The highest BCUT2D eigenvalue weighted by Gasteiger charge is 2.21. The molecule has 0 spiro atoms. The number of rotatable bonds is 4. The molecule has 1 aliphatic carbocycles. The zero-order chi connectivity index (χ0) is 17.8. The summed E-state index contributed by atoms with van der Waals surface area (Å²) in [7, 11) is 0. The Kier molecular flexibility index (Phi) is 5.34. The van der Waals surface area contributed by atoms with Gasteiger partial charge in [-0.1, -0.05) is 17.8 Å². The van der Waals surface area contributed by atoms with Crippen molar-refractivity contribution in [3.63, 3.8) is 0 Å². The number of fused-ring (bicyclic) bond motifs is 1. The Labute approximate surface area is 150 Å². The minimum atomic E-state index is -0.399. The molecule has 4 nitrogen and oxygen atoms in total. The van der Waals surface area contributed by atoms with Gasteiger partial charge in [0.05, 0.1) is 11.3 Å². The smallest absolute Gasteiger partial charge is 0.234 e. The van der Waals surface area contributed by atoms with Gasteiger partial charge in [-0.15, -0.1) is 0 Å². The van der Waals surface area contributed by atoms with Crippen LogP contribution in [0.15, 0.2) is 29.3 Å². The molecule has 0 bridgehead atoms. The minimum absolute atomic E-state index is 0.121. The first-order chi connectivity index (χ1) is 12.1. The van der Waals surface area contributed by atoms with E-state index in [0.717, 1.165) is 36.9 Å². The van der Waals surface area contributed by atoms with Crippen LogP contribution in [-0.2, 0) is 17.6 Å². The van der Waals surface area contributed by atoms with E-state index in [-0.39, 0.29) is 11.7 Å². The van der Waals surface area contributed by atoms with Crippen molar-refractivity contribution in [3.8, 4) is 6.07 Å². The second-order valence-electron chi connectivity index (χ2n) is 6.00. The number of nitrogens with zero attached hydrogens (tertiary/aromatic N) is 2. The summed E-state index contributed by atoms with van der Waals surface area (Å²) in [6.07, 6.45) is 4.07. The van der Waals surface area contributed by atoms with Crippen molar-refractivity contribution in [1.82, 2.24) is 4.98 Å². The first-order valence-corrected chi connectivity index (χ1v) is 9.17. The van der Waals surface area contributed by atoms with Crippen molar-refractivity contribution >= 4 is 23.4 Å². The van der Waals surface area contributed by atoms with E-state index in [4.69, 9.17) is 0 Å². The van der Waals surface area contributed by atoms with Crippen molar-refractivity contribution in [1.29, 1.82) is 5.26 Å². The summed E-state index contributed by atoms with van der Waals surface area (Å²) in [5.41, 5.74) is 4.25. The molecule has 2 aromatic rings. The van der Waals surface area contributed by atoms with Crippen LogP contribution >= 0.6 is 11.8 Å². The monoisotopic (exact) mass is 355 g/mol. The molecule has 0 saturated carbocycles. The fourth-order valence-corrected chi connectivity index (χ4v) is 3.96. The van der Waals surface area contributed by atoms with Crippen LogP contribution in [0.2, 0.25) is 0 Å². The largest absolute Gasteiger partial charge is 0.325 e. The SMILES string of the molecule is Cc1nc(SCC(=O)Nc2cccc(F)c2)c(C#N)c2c1CCCC2. The van der Waals surface area contributed by atoms with Crippen LogP contribution in [0.5, 0.6) is 0 Å². The van der Waals surface area contributed by atoms with Crippen LogP contribution in [0.1, 0.15) is 35.2 Å². The highest BCUT2D eigenvalue weighted by molar-refractivity contribution is 8.00. The number of carbonyl (C=O) groups is 1. The van der Waals surface area contributed by atoms with E-state index in [1.807, 2.05) is 6.92 Å². The lowest BCUT2D eigenvalue weighted by Crippen LogP contribution is -2.15. The Morgan fingerprint density at radius 3 is 2.84 bits per heavy atom. The lowest BCUT2D eigenvalue weighted by atomic mass is 9.88. The van der Waals surface area contributed by atoms with E-state index < -0.39 is 5.82 Å². The van der Waals surface area contributed by atoms with Crippen molar-refractivity contribution in [2.75, 3.05) is 11.1 Å². The molecular weight excluding hydrogens is 337 g/mol. The third kappa shape index (κ3) is 3.99. The summed E-state index contributed by atoms with van der Waals surface area (Å²) < 4.78 is 13.2. The molecule has 1 aromatic carbocycles. The van der Waals surface area contributed by atoms with Gasteiger partial charge >= 0.3 is 0 Å². The van der Waals surface area contributed by atoms with Gasteiger partial charge in [0.2, 0.25) is 5.91 Å². The average Bonchev–Trinajstić information content (AvgIpc) is 2.60. The van der Waals surface area contributed by atoms with Crippen LogP contribution in [0.25, 0.3) is 0 Å². The van der Waals surface area contributed by atoms with Gasteiger partial charge < -0.3 is 5.32 Å². The third-order valence-corrected chi connectivity index (χ3v) is 5.22. The molecule has 1 aliphatic rings. The van der Waals surface area contributed by atoms with E-state index in [9.17, 15) is 14.4 Å². The fraction of sp³-hybridized carbons (Fsp3) is 0.316. The van der Waals surface area contributed by atoms with Gasteiger partial charge in [0.15, 0.2) is 0 Å². The van der Waals surface area contributed by atoms with Gasteiger partial charge in [0.1, 0.15) is 16.9 Å². The van der Waals surface area contributed by atoms with E-state index in [1.54, 1.807) is 12.1 Å². The van der Waals surface area contributed by atoms with E-state index in [0.29, 0.717) is 16.3 Å². The van der Waals surface area contributed by atoms with Crippen molar-refractivity contribution in [2.45, 2.75) is 37.6 Å². The lowest BCUT2D eigenvalue weighted by Gasteiger charge is -2.20. The van der Waals surface area contributed by atoms with Gasteiger partial charge in [-0.3, -0.25) is 4.79 Å². The van der Waals surface area contributed by atoms with Crippen LogP contribution in [0, 0.1) is 24.1 Å². The summed E-state index contributed by atoms with van der Waals surface area (Å²) in [5, 5.41) is 12.8. The van der Waals surface area contributed by atoms with Crippen LogP contribution in [-0.4, -0.2) is 16.6 Å². The summed E-state index contributed by atoms with van der Waals surface area (Å²) >= 11 is 1.25. The number of nitrogens with one attached hydrogen (secondary N) is 1. The van der Waals surface area contributed by atoms with E-state index in [1.165, 1.54) is 29.5 Å². The number of thioether (sulfide) groups is 1. The number of anilines is 1. The molecule has 128 valence electrons. The Morgan fingerprint density at radius 2 is 2.12 bits per heavy atom. The highest BCUT2D eigenvalue weighted by Crippen LogP contribution is 2.32. The number of halogens is 1. The molecule has 1 amide bonds. The number of carbonyl (C=O) groups excluding carboxylic acids is 1. The summed E-state index contributed by atoms with van der Waals surface area (Å²) in [6, 6.07) is 8.03. The number of aromatic nitrogens is 1. The zero-order valence-corrected chi connectivity index (χ0v) is 14.8. The number of nitriles is 1. The molecule has 3 rings (SSSR count). The maximum atomic E-state index is 13.2. The van der Waals surface area contributed by atoms with Gasteiger partial charge in [0.25, 0.3) is 0 Å². The first-order valence-electron chi connectivity index (χ1n) is 8.19. The second kappa shape index (κ2) is 7.66. The number of hydrogen-bond acceptors (Lipinski definition) is 4. The quantitative estimate of drug-likeness (QED) is 0.842. The maximum absolute atomic E-state index is 13.2. The fourth-order valence-electron chi connectivity index (χ4n) is 3.10. The highest BCUT2D eigenvalue weighted by atomic mass is 32.2. The van der Waals surface area contributed by atoms with Gasteiger partial charge in [-0.05, 0) is 61.9 Å². The number of amides is 1. The Hall–Kier alpha value is -2.39. The maximum Gasteiger partial charge on any atom is 0.234 e. The molecule has 0 unspecified atom stereocenters. The molecular formula is C19H18FN3OS. The predicted octanol–water partition coefficient (Wildman–Crippen LogP) is 4.01. The second-order valence-corrected chi connectivity index (χ2v) is 6.96. The van der Waals surface area contributed by atoms with Crippen LogP contribution in [0.4, 0.5) is 10.1 Å². The minimum Gasteiger partial charge on any atom is -0.325 e. The molecule has 1 N–H and O–H groups in total. The average molecular weight is 355 g/mol. The lowest BCUT2D eigenvalue weighted by molar-refractivity contribution is -0.113. The molecule has 1 aromatic heterocycles. The van der Waals surface area contributed by atoms with E-state index in [2.05, 4.69) is 16.4 Å². The van der Waals surface area contributed by atoms with Gasteiger partial charge in [-0.25, -0.2) is 9.37 Å². The summed E-state index contributed by atoms with van der Waals surface area (Å²) in [5.74, 6) is -0.531. The Morgan fingerprint density at radius 1 is 1.36 bits per heavy atom. The van der Waals surface area contributed by atoms with Crippen molar-refractivity contribution < 1.29 is 9.18 Å². The standard InChI is InChI=1S/C19H18FN3OS/c1-12-15-7-2-3-8-16(15)17(10-21)19(22-12)25-11-18(24)23-14-6-4-5-13(20)9-14/h4-6,9H,2-3,7-8,11H2,1H3,(H,23,24).